The van der Waals surface area contributed by atoms with Gasteiger partial charge in [-0.05, 0) is 63.1 Å². The third-order valence-electron chi connectivity index (χ3n) is 8.92. The predicted molar refractivity (Wildman–Crippen MR) is 152 cm³/mol. The van der Waals surface area contributed by atoms with Gasteiger partial charge in [0, 0.05) is 24.0 Å². The lowest BCUT2D eigenvalue weighted by Gasteiger charge is -2.46. The molecule has 42 heavy (non-hydrogen) atoms. The molecule has 238 valence electrons. The van der Waals surface area contributed by atoms with E-state index < -0.39 is 74.3 Å². The summed E-state index contributed by atoms with van der Waals surface area (Å²) < 4.78 is 18.0. The molecule has 11 heteroatoms. The SMILES string of the molecule is CCCCCc1cc(O)c([C@@H]2C=C(C)CCC2)c(O[C@@H]2O[C@H](CO)[C@@H](O)[C@H](O[C@@H]3C[C@H](CO)[C@@H](O)[C@H](O)[C@H]3O)[C@H]2O)c1. The number of aliphatic hydroxyl groups excluding tert-OH is 7. The molecule has 3 aliphatic rings. The minimum absolute atomic E-state index is 0.0484. The Hall–Kier alpha value is -1.80. The number of rotatable bonds is 11. The number of allylic oxidation sites excluding steroid dienone is 2. The number of aliphatic hydroxyl groups is 7. The Morgan fingerprint density at radius 2 is 1.69 bits per heavy atom. The largest absolute Gasteiger partial charge is 0.507 e. The summed E-state index contributed by atoms with van der Waals surface area (Å²) >= 11 is 0. The molecular formula is C31H48O11. The Morgan fingerprint density at radius 3 is 2.36 bits per heavy atom. The molecule has 1 aromatic carbocycles. The van der Waals surface area contributed by atoms with Crippen molar-refractivity contribution in [2.45, 2.75) is 126 Å². The highest BCUT2D eigenvalue weighted by Gasteiger charge is 2.50. The molecule has 0 unspecified atom stereocenters. The summed E-state index contributed by atoms with van der Waals surface area (Å²) in [6.45, 7) is 3.06. The first-order valence-corrected chi connectivity index (χ1v) is 15.2. The van der Waals surface area contributed by atoms with Gasteiger partial charge in [0.15, 0.2) is 0 Å². The summed E-state index contributed by atoms with van der Waals surface area (Å²) in [7, 11) is 0. The minimum Gasteiger partial charge on any atom is -0.507 e. The summed E-state index contributed by atoms with van der Waals surface area (Å²) in [6.07, 6.45) is -4.37. The van der Waals surface area contributed by atoms with E-state index in [4.69, 9.17) is 14.2 Å². The van der Waals surface area contributed by atoms with Gasteiger partial charge in [-0.3, -0.25) is 0 Å². The third-order valence-corrected chi connectivity index (χ3v) is 8.92. The molecule has 2 fully saturated rings. The zero-order chi connectivity index (χ0) is 30.6. The lowest BCUT2D eigenvalue weighted by molar-refractivity contribution is -0.303. The lowest BCUT2D eigenvalue weighted by Crippen LogP contribution is -2.64. The Morgan fingerprint density at radius 1 is 0.929 bits per heavy atom. The highest BCUT2D eigenvalue weighted by molar-refractivity contribution is 5.51. The molecule has 0 amide bonds. The fourth-order valence-electron chi connectivity index (χ4n) is 6.43. The maximum Gasteiger partial charge on any atom is 0.229 e. The fraction of sp³-hybridized carbons (Fsp3) is 0.742. The van der Waals surface area contributed by atoms with Gasteiger partial charge in [-0.25, -0.2) is 0 Å². The molecule has 11 atom stereocenters. The van der Waals surface area contributed by atoms with Crippen LogP contribution in [-0.2, 0) is 15.9 Å². The van der Waals surface area contributed by atoms with Crippen LogP contribution in [0.25, 0.3) is 0 Å². The van der Waals surface area contributed by atoms with Crippen molar-refractivity contribution in [2.75, 3.05) is 13.2 Å². The van der Waals surface area contributed by atoms with Gasteiger partial charge in [-0.15, -0.1) is 0 Å². The molecule has 0 aromatic heterocycles. The molecule has 8 N–H and O–H groups in total. The zero-order valence-corrected chi connectivity index (χ0v) is 24.5. The lowest BCUT2D eigenvalue weighted by atomic mass is 9.81. The van der Waals surface area contributed by atoms with Gasteiger partial charge in [-0.1, -0.05) is 31.4 Å². The molecule has 4 rings (SSSR count). The van der Waals surface area contributed by atoms with Gasteiger partial charge >= 0.3 is 0 Å². The van der Waals surface area contributed by atoms with Crippen LogP contribution in [0, 0.1) is 5.92 Å². The Balaban J connectivity index is 1.63. The first-order valence-electron chi connectivity index (χ1n) is 15.2. The second kappa shape index (κ2) is 14.8. The van der Waals surface area contributed by atoms with E-state index in [0.29, 0.717) is 11.3 Å². The standard InChI is InChI=1S/C31H48O11/c1-3-4-5-8-17-11-20(34)24(18-9-6-7-16(2)10-18)21(12-17)41-31-29(39)30(27(37)23(15-33)42-31)40-22-13-19(14-32)25(35)28(38)26(22)36/h10-12,18-19,22-23,25-39H,3-9,13-15H2,1-2H3/t18-,19+,22+,23+,25+,26-,27+,28-,29+,30-,31+/m0/s1. The predicted octanol–water partition coefficient (Wildman–Crippen LogP) is 1.01. The first-order chi connectivity index (χ1) is 20.1. The highest BCUT2D eigenvalue weighted by atomic mass is 16.7. The van der Waals surface area contributed by atoms with Crippen molar-refractivity contribution in [1.29, 1.82) is 0 Å². The molecule has 0 radical (unpaired) electrons. The summed E-state index contributed by atoms with van der Waals surface area (Å²) in [4.78, 5) is 0. The van der Waals surface area contributed by atoms with Crippen molar-refractivity contribution in [1.82, 2.24) is 0 Å². The van der Waals surface area contributed by atoms with E-state index in [0.717, 1.165) is 50.5 Å². The normalized spacial score (nSPS) is 37.4. The minimum atomic E-state index is -1.61. The molecule has 0 bridgehead atoms. The van der Waals surface area contributed by atoms with Gasteiger partial charge < -0.3 is 55.1 Å². The van der Waals surface area contributed by atoms with Crippen LogP contribution in [0.2, 0.25) is 0 Å². The number of benzene rings is 1. The molecule has 0 spiro atoms. The van der Waals surface area contributed by atoms with Gasteiger partial charge in [0.25, 0.3) is 0 Å². The van der Waals surface area contributed by atoms with Gasteiger partial charge in [0.2, 0.25) is 6.29 Å². The first kappa shape index (κ1) is 33.1. The Bertz CT molecular complexity index is 1050. The number of hydrogen-bond acceptors (Lipinski definition) is 11. The second-order valence-electron chi connectivity index (χ2n) is 12.1. The van der Waals surface area contributed by atoms with E-state index in [-0.39, 0.29) is 18.1 Å². The van der Waals surface area contributed by atoms with Crippen LogP contribution in [-0.4, -0.2) is 109 Å². The molecule has 1 aliphatic heterocycles. The van der Waals surface area contributed by atoms with Gasteiger partial charge in [0.1, 0.15) is 48.1 Å². The average molecular weight is 597 g/mol. The molecule has 1 aromatic rings. The number of ether oxygens (including phenoxy) is 3. The van der Waals surface area contributed by atoms with E-state index in [1.165, 1.54) is 5.57 Å². The summed E-state index contributed by atoms with van der Waals surface area (Å²) in [6, 6.07) is 3.59. The number of unbranched alkanes of at least 4 members (excludes halogenated alkanes) is 2. The van der Waals surface area contributed by atoms with Crippen LogP contribution >= 0.6 is 0 Å². The van der Waals surface area contributed by atoms with E-state index in [1.807, 2.05) is 13.0 Å². The number of phenolic OH excluding ortho intramolecular Hbond substituents is 1. The quantitative estimate of drug-likeness (QED) is 0.134. The van der Waals surface area contributed by atoms with Crippen molar-refractivity contribution in [3.63, 3.8) is 0 Å². The maximum absolute atomic E-state index is 11.4. The maximum atomic E-state index is 11.4. The molecular weight excluding hydrogens is 548 g/mol. The van der Waals surface area contributed by atoms with Gasteiger partial charge in [0.05, 0.1) is 18.8 Å². The monoisotopic (exact) mass is 596 g/mol. The van der Waals surface area contributed by atoms with Crippen LogP contribution in [0.5, 0.6) is 11.5 Å². The molecule has 1 saturated carbocycles. The smallest absolute Gasteiger partial charge is 0.229 e. The van der Waals surface area contributed by atoms with Crippen LogP contribution in [0.4, 0.5) is 0 Å². The molecule has 1 heterocycles. The van der Waals surface area contributed by atoms with Gasteiger partial charge in [-0.2, -0.15) is 0 Å². The second-order valence-corrected chi connectivity index (χ2v) is 12.1. The Kier molecular flexibility index (Phi) is 11.7. The van der Waals surface area contributed by atoms with Crippen molar-refractivity contribution in [3.8, 4) is 11.5 Å². The van der Waals surface area contributed by atoms with Crippen LogP contribution < -0.4 is 4.74 Å². The number of phenols is 1. The van der Waals surface area contributed by atoms with E-state index in [9.17, 15) is 40.9 Å². The van der Waals surface area contributed by atoms with E-state index in [2.05, 4.69) is 13.0 Å². The van der Waals surface area contributed by atoms with Crippen molar-refractivity contribution >= 4 is 0 Å². The zero-order valence-electron chi connectivity index (χ0n) is 24.5. The highest BCUT2D eigenvalue weighted by Crippen LogP contribution is 2.43. The summed E-state index contributed by atoms with van der Waals surface area (Å²) in [5, 5.41) is 84.1. The van der Waals surface area contributed by atoms with Crippen molar-refractivity contribution in [3.05, 3.63) is 34.9 Å². The van der Waals surface area contributed by atoms with Crippen LogP contribution in [0.1, 0.15) is 75.8 Å². The molecule has 11 nitrogen and oxygen atoms in total. The Labute approximate surface area is 247 Å². The average Bonchev–Trinajstić information content (AvgIpc) is 2.96. The molecule has 1 saturated heterocycles. The van der Waals surface area contributed by atoms with Crippen molar-refractivity contribution < 1.29 is 55.1 Å². The number of hydrogen-bond donors (Lipinski definition) is 8. The summed E-state index contributed by atoms with van der Waals surface area (Å²) in [5.41, 5.74) is 2.63. The number of aryl methyl sites for hydroxylation is 1. The van der Waals surface area contributed by atoms with E-state index in [1.54, 1.807) is 6.07 Å². The fourth-order valence-corrected chi connectivity index (χ4v) is 6.43. The van der Waals surface area contributed by atoms with Crippen LogP contribution in [0.3, 0.4) is 0 Å². The summed E-state index contributed by atoms with van der Waals surface area (Å²) in [5.74, 6) is -0.507. The van der Waals surface area contributed by atoms with E-state index >= 15 is 0 Å². The third kappa shape index (κ3) is 7.28. The van der Waals surface area contributed by atoms with Crippen LogP contribution in [0.15, 0.2) is 23.8 Å². The topological polar surface area (TPSA) is 190 Å². The molecule has 2 aliphatic carbocycles. The number of aromatic hydroxyl groups is 1. The van der Waals surface area contributed by atoms with Crippen molar-refractivity contribution in [2.24, 2.45) is 5.92 Å².